The van der Waals surface area contributed by atoms with Crippen molar-refractivity contribution in [3.8, 4) is 5.75 Å². The SMILES string of the molecule is COc1ccc(CCNC(=O)COC(=O)C[C@@H]2C[C@H]3CC[C@@H]2C3)cc1. The van der Waals surface area contributed by atoms with Gasteiger partial charge >= 0.3 is 5.97 Å². The maximum absolute atomic E-state index is 11.9. The van der Waals surface area contributed by atoms with Gasteiger partial charge in [0.1, 0.15) is 5.75 Å². The van der Waals surface area contributed by atoms with Crippen LogP contribution < -0.4 is 10.1 Å². The molecule has 25 heavy (non-hydrogen) atoms. The van der Waals surface area contributed by atoms with E-state index in [-0.39, 0.29) is 18.5 Å². The van der Waals surface area contributed by atoms with Crippen LogP contribution in [0.3, 0.4) is 0 Å². The maximum Gasteiger partial charge on any atom is 0.306 e. The zero-order chi connectivity index (χ0) is 17.6. The van der Waals surface area contributed by atoms with Crippen LogP contribution in [0.1, 0.15) is 37.7 Å². The van der Waals surface area contributed by atoms with Gasteiger partial charge in [-0.05, 0) is 61.1 Å². The standard InChI is InChI=1S/C20H27NO4/c1-24-18-6-3-14(4-7-18)8-9-21-19(22)13-25-20(23)12-17-11-15-2-5-16(17)10-15/h3-4,6-7,15-17H,2,5,8-13H2,1H3,(H,21,22)/t15-,16+,17-/m0/s1. The highest BCUT2D eigenvalue weighted by Crippen LogP contribution is 2.49. The number of esters is 1. The molecule has 0 spiro atoms. The number of carbonyl (C=O) groups excluding carboxylic acids is 2. The third-order valence-electron chi connectivity index (χ3n) is 5.57. The van der Waals surface area contributed by atoms with Gasteiger partial charge in [-0.1, -0.05) is 18.6 Å². The monoisotopic (exact) mass is 345 g/mol. The van der Waals surface area contributed by atoms with Crippen molar-refractivity contribution in [2.24, 2.45) is 17.8 Å². The predicted octanol–water partition coefficient (Wildman–Crippen LogP) is 2.72. The van der Waals surface area contributed by atoms with Crippen LogP contribution in [-0.2, 0) is 20.7 Å². The maximum atomic E-state index is 11.9. The van der Waals surface area contributed by atoms with E-state index in [1.165, 1.54) is 19.3 Å². The molecule has 2 saturated carbocycles. The molecule has 0 saturated heterocycles. The first kappa shape index (κ1) is 17.8. The third-order valence-corrected chi connectivity index (χ3v) is 5.57. The number of amides is 1. The largest absolute Gasteiger partial charge is 0.497 e. The molecule has 1 aromatic rings. The van der Waals surface area contributed by atoms with Crippen LogP contribution in [0.2, 0.25) is 0 Å². The van der Waals surface area contributed by atoms with Gasteiger partial charge in [-0.25, -0.2) is 0 Å². The number of hydrogen-bond donors (Lipinski definition) is 1. The van der Waals surface area contributed by atoms with Gasteiger partial charge in [0.25, 0.3) is 5.91 Å². The molecular weight excluding hydrogens is 318 g/mol. The summed E-state index contributed by atoms with van der Waals surface area (Å²) in [6.45, 7) is 0.345. The summed E-state index contributed by atoms with van der Waals surface area (Å²) in [4.78, 5) is 23.7. The van der Waals surface area contributed by atoms with Crippen molar-refractivity contribution < 1.29 is 19.1 Å². The van der Waals surface area contributed by atoms with Crippen molar-refractivity contribution in [2.75, 3.05) is 20.3 Å². The molecule has 1 amide bonds. The Morgan fingerprint density at radius 1 is 1.16 bits per heavy atom. The Bertz CT molecular complexity index is 598. The fraction of sp³-hybridized carbons (Fsp3) is 0.600. The van der Waals surface area contributed by atoms with Crippen molar-refractivity contribution in [2.45, 2.75) is 38.5 Å². The van der Waals surface area contributed by atoms with E-state index in [2.05, 4.69) is 5.32 Å². The first-order chi connectivity index (χ1) is 12.1. The van der Waals surface area contributed by atoms with Crippen molar-refractivity contribution in [1.82, 2.24) is 5.32 Å². The van der Waals surface area contributed by atoms with E-state index in [0.29, 0.717) is 24.8 Å². The summed E-state index contributed by atoms with van der Waals surface area (Å²) in [6, 6.07) is 7.74. The van der Waals surface area contributed by atoms with Gasteiger partial charge in [-0.2, -0.15) is 0 Å². The molecule has 0 radical (unpaired) electrons. The van der Waals surface area contributed by atoms with Gasteiger partial charge in [-0.15, -0.1) is 0 Å². The van der Waals surface area contributed by atoms with E-state index in [1.807, 2.05) is 24.3 Å². The Labute approximate surface area is 149 Å². The van der Waals surface area contributed by atoms with Gasteiger partial charge in [0, 0.05) is 13.0 Å². The van der Waals surface area contributed by atoms with E-state index in [1.54, 1.807) is 7.11 Å². The second kappa shape index (κ2) is 8.37. The normalized spacial score (nSPS) is 24.1. The van der Waals surface area contributed by atoms with Crippen molar-refractivity contribution in [3.63, 3.8) is 0 Å². The van der Waals surface area contributed by atoms with Gasteiger partial charge in [0.05, 0.1) is 7.11 Å². The smallest absolute Gasteiger partial charge is 0.306 e. The van der Waals surface area contributed by atoms with E-state index in [0.717, 1.165) is 30.1 Å². The first-order valence-electron chi connectivity index (χ1n) is 9.19. The molecule has 0 aliphatic heterocycles. The van der Waals surface area contributed by atoms with Gasteiger partial charge < -0.3 is 14.8 Å². The second-order valence-electron chi connectivity index (χ2n) is 7.25. The number of carbonyl (C=O) groups is 2. The summed E-state index contributed by atoms with van der Waals surface area (Å²) >= 11 is 0. The molecule has 2 aliphatic carbocycles. The van der Waals surface area contributed by atoms with E-state index < -0.39 is 0 Å². The highest BCUT2D eigenvalue weighted by Gasteiger charge is 2.40. The number of fused-ring (bicyclic) bond motifs is 2. The van der Waals surface area contributed by atoms with E-state index >= 15 is 0 Å². The Morgan fingerprint density at radius 2 is 1.96 bits per heavy atom. The molecule has 0 aromatic heterocycles. The molecule has 3 rings (SSSR count). The summed E-state index contributed by atoms with van der Waals surface area (Å²) in [5.74, 6) is 2.34. The fourth-order valence-corrected chi connectivity index (χ4v) is 4.23. The molecule has 136 valence electrons. The number of rotatable bonds is 8. The lowest BCUT2D eigenvalue weighted by molar-refractivity contribution is -0.149. The molecule has 1 N–H and O–H groups in total. The number of ether oxygens (including phenoxy) is 2. The third kappa shape index (κ3) is 4.97. The molecule has 0 unspecified atom stereocenters. The summed E-state index contributed by atoms with van der Waals surface area (Å²) in [7, 11) is 1.63. The Morgan fingerprint density at radius 3 is 2.60 bits per heavy atom. The van der Waals surface area contributed by atoms with Crippen LogP contribution in [0.5, 0.6) is 5.75 Å². The molecular formula is C20H27NO4. The number of methoxy groups -OCH3 is 1. The summed E-state index contributed by atoms with van der Waals surface area (Å²) in [5, 5.41) is 2.79. The average molecular weight is 345 g/mol. The van der Waals surface area contributed by atoms with E-state index in [4.69, 9.17) is 9.47 Å². The van der Waals surface area contributed by atoms with Crippen LogP contribution in [-0.4, -0.2) is 32.1 Å². The van der Waals surface area contributed by atoms with Crippen LogP contribution in [0.25, 0.3) is 0 Å². The summed E-state index contributed by atoms with van der Waals surface area (Å²) in [6.07, 6.45) is 6.23. The molecule has 5 nitrogen and oxygen atoms in total. The van der Waals surface area contributed by atoms with Crippen LogP contribution >= 0.6 is 0 Å². The summed E-state index contributed by atoms with van der Waals surface area (Å²) in [5.41, 5.74) is 1.12. The quantitative estimate of drug-likeness (QED) is 0.736. The molecule has 2 aliphatic rings. The Hall–Kier alpha value is -2.04. The van der Waals surface area contributed by atoms with Crippen molar-refractivity contribution in [1.29, 1.82) is 0 Å². The van der Waals surface area contributed by atoms with Crippen LogP contribution in [0.15, 0.2) is 24.3 Å². The topological polar surface area (TPSA) is 64.6 Å². The Kier molecular flexibility index (Phi) is 5.95. The van der Waals surface area contributed by atoms with Crippen molar-refractivity contribution in [3.05, 3.63) is 29.8 Å². The molecule has 2 fully saturated rings. The molecule has 0 heterocycles. The van der Waals surface area contributed by atoms with E-state index in [9.17, 15) is 9.59 Å². The lowest BCUT2D eigenvalue weighted by Crippen LogP contribution is -2.31. The minimum atomic E-state index is -0.241. The van der Waals surface area contributed by atoms with Crippen LogP contribution in [0.4, 0.5) is 0 Å². The zero-order valence-electron chi connectivity index (χ0n) is 14.8. The number of hydrogen-bond acceptors (Lipinski definition) is 4. The highest BCUT2D eigenvalue weighted by molar-refractivity contribution is 5.80. The highest BCUT2D eigenvalue weighted by atomic mass is 16.5. The minimum Gasteiger partial charge on any atom is -0.497 e. The molecule has 5 heteroatoms. The predicted molar refractivity (Wildman–Crippen MR) is 94.2 cm³/mol. The van der Waals surface area contributed by atoms with Crippen LogP contribution in [0, 0.1) is 17.8 Å². The second-order valence-corrected chi connectivity index (χ2v) is 7.25. The minimum absolute atomic E-state index is 0.178. The lowest BCUT2D eigenvalue weighted by atomic mass is 9.86. The number of nitrogens with one attached hydrogen (secondary N) is 1. The van der Waals surface area contributed by atoms with Gasteiger partial charge in [0.2, 0.25) is 0 Å². The Balaban J connectivity index is 1.29. The first-order valence-corrected chi connectivity index (χ1v) is 9.19. The molecule has 3 atom stereocenters. The molecule has 1 aromatic carbocycles. The van der Waals surface area contributed by atoms with Gasteiger partial charge in [-0.3, -0.25) is 9.59 Å². The van der Waals surface area contributed by atoms with Crippen molar-refractivity contribution >= 4 is 11.9 Å². The fourth-order valence-electron chi connectivity index (χ4n) is 4.23. The summed E-state index contributed by atoms with van der Waals surface area (Å²) < 4.78 is 10.3. The zero-order valence-corrected chi connectivity index (χ0v) is 14.8. The average Bonchev–Trinajstić information content (AvgIpc) is 3.23. The lowest BCUT2D eigenvalue weighted by Gasteiger charge is -2.20. The number of benzene rings is 1. The van der Waals surface area contributed by atoms with Gasteiger partial charge in [0.15, 0.2) is 6.61 Å². The molecule has 2 bridgehead atoms.